The first kappa shape index (κ1) is 21.6. The Labute approximate surface area is 179 Å². The molecule has 0 radical (unpaired) electrons. The molecule has 4 rings (SSSR count). The minimum atomic E-state index is -3.66. The van der Waals surface area contributed by atoms with Crippen molar-refractivity contribution in [3.63, 3.8) is 0 Å². The number of rotatable bonds is 5. The van der Waals surface area contributed by atoms with Crippen LogP contribution in [0.5, 0.6) is 0 Å². The third-order valence-corrected chi connectivity index (χ3v) is 7.75. The summed E-state index contributed by atoms with van der Waals surface area (Å²) in [4.78, 5) is 6.70. The topological polar surface area (TPSA) is 106 Å². The molecule has 1 aliphatic rings. The number of aromatic nitrogens is 3. The highest BCUT2D eigenvalue weighted by Gasteiger charge is 2.35. The second-order valence-electron chi connectivity index (χ2n) is 7.69. The number of nitrogens with zero attached hydrogens (tertiary/aromatic N) is 5. The molecule has 11 heteroatoms. The van der Waals surface area contributed by atoms with Crippen molar-refractivity contribution in [3.8, 4) is 11.4 Å². The van der Waals surface area contributed by atoms with Gasteiger partial charge in [0.05, 0.1) is 6.04 Å². The normalized spacial score (nSPS) is 17.2. The zero-order valence-corrected chi connectivity index (χ0v) is 18.6. The summed E-state index contributed by atoms with van der Waals surface area (Å²) in [5.74, 6) is 0.830. The van der Waals surface area contributed by atoms with Gasteiger partial charge in [0.1, 0.15) is 16.4 Å². The minimum Gasteiger partial charge on any atom is -0.360 e. The Kier molecular flexibility index (Phi) is 5.67. The lowest BCUT2D eigenvalue weighted by atomic mass is 10.1. The smallest absolute Gasteiger partial charge is 0.248 e. The molecule has 0 aliphatic carbocycles. The average Bonchev–Trinajstić information content (AvgIpc) is 3.36. The van der Waals surface area contributed by atoms with Gasteiger partial charge < -0.3 is 9.05 Å². The van der Waals surface area contributed by atoms with E-state index in [1.54, 1.807) is 32.9 Å². The van der Waals surface area contributed by atoms with Crippen molar-refractivity contribution in [1.29, 1.82) is 0 Å². The number of benzene rings is 1. The number of aryl methyl sites for hydroxylation is 3. The molecule has 0 spiro atoms. The van der Waals surface area contributed by atoms with Crippen LogP contribution in [0, 0.1) is 26.6 Å². The van der Waals surface area contributed by atoms with Gasteiger partial charge in [-0.1, -0.05) is 10.3 Å². The lowest BCUT2D eigenvalue weighted by molar-refractivity contribution is 0.124. The fourth-order valence-electron chi connectivity index (χ4n) is 3.77. The number of hydrogen-bond donors (Lipinski definition) is 0. The van der Waals surface area contributed by atoms with Gasteiger partial charge in [-0.25, -0.2) is 12.8 Å². The molecule has 1 atom stereocenters. The van der Waals surface area contributed by atoms with E-state index in [2.05, 4.69) is 20.2 Å². The predicted molar refractivity (Wildman–Crippen MR) is 109 cm³/mol. The first-order valence-electron chi connectivity index (χ1n) is 9.95. The highest BCUT2D eigenvalue weighted by molar-refractivity contribution is 7.89. The molecular weight excluding hydrogens is 425 g/mol. The molecule has 0 saturated carbocycles. The van der Waals surface area contributed by atoms with E-state index in [9.17, 15) is 12.8 Å². The van der Waals surface area contributed by atoms with E-state index in [1.165, 1.54) is 10.4 Å². The van der Waals surface area contributed by atoms with Gasteiger partial charge in [0.25, 0.3) is 0 Å². The highest BCUT2D eigenvalue weighted by atomic mass is 32.2. The van der Waals surface area contributed by atoms with Gasteiger partial charge in [-0.05, 0) is 51.5 Å². The maximum Gasteiger partial charge on any atom is 0.248 e. The Morgan fingerprint density at radius 2 is 1.77 bits per heavy atom. The third-order valence-electron chi connectivity index (χ3n) is 5.60. The van der Waals surface area contributed by atoms with Gasteiger partial charge in [0, 0.05) is 31.7 Å². The second-order valence-corrected chi connectivity index (χ2v) is 9.56. The SMILES string of the molecule is Cc1cc(-c2noc(C(C)N3CCN(S(=O)(=O)c4c(C)noc4C)CC3)n2)ccc1F. The van der Waals surface area contributed by atoms with Crippen molar-refractivity contribution in [3.05, 3.63) is 46.9 Å². The van der Waals surface area contributed by atoms with Crippen LogP contribution in [0.25, 0.3) is 11.4 Å². The van der Waals surface area contributed by atoms with Crippen molar-refractivity contribution in [2.75, 3.05) is 26.2 Å². The molecule has 2 aromatic heterocycles. The van der Waals surface area contributed by atoms with E-state index < -0.39 is 10.0 Å². The van der Waals surface area contributed by atoms with E-state index in [0.717, 1.165) is 0 Å². The molecule has 1 fully saturated rings. The number of halogens is 1. The number of sulfonamides is 1. The van der Waals surface area contributed by atoms with E-state index in [4.69, 9.17) is 9.05 Å². The fraction of sp³-hybridized carbons (Fsp3) is 0.450. The van der Waals surface area contributed by atoms with Crippen LogP contribution in [0.2, 0.25) is 0 Å². The summed E-state index contributed by atoms with van der Waals surface area (Å²) in [6.45, 7) is 8.51. The molecule has 9 nitrogen and oxygen atoms in total. The Morgan fingerprint density at radius 3 is 2.39 bits per heavy atom. The molecule has 31 heavy (non-hydrogen) atoms. The van der Waals surface area contributed by atoms with Gasteiger partial charge in [0.15, 0.2) is 5.76 Å². The van der Waals surface area contributed by atoms with E-state index in [0.29, 0.717) is 60.5 Å². The summed E-state index contributed by atoms with van der Waals surface area (Å²) in [7, 11) is -3.66. The van der Waals surface area contributed by atoms with Crippen LogP contribution in [0.4, 0.5) is 4.39 Å². The van der Waals surface area contributed by atoms with Gasteiger partial charge in [-0.3, -0.25) is 4.90 Å². The van der Waals surface area contributed by atoms with Gasteiger partial charge >= 0.3 is 0 Å². The standard InChI is InChI=1S/C20H24FN5O4S/c1-12-11-16(5-6-17(12)21)19-22-20(30-24-19)14(3)25-7-9-26(10-8-25)31(27,28)18-13(2)23-29-15(18)4/h5-6,11,14H,7-10H2,1-4H3. The van der Waals surface area contributed by atoms with Crippen LogP contribution in [-0.2, 0) is 10.0 Å². The highest BCUT2D eigenvalue weighted by Crippen LogP contribution is 2.27. The molecule has 1 aromatic carbocycles. The zero-order chi connectivity index (χ0) is 22.3. The van der Waals surface area contributed by atoms with E-state index in [1.807, 2.05) is 6.92 Å². The van der Waals surface area contributed by atoms with Gasteiger partial charge in [0.2, 0.25) is 21.7 Å². The monoisotopic (exact) mass is 449 g/mol. The Bertz CT molecular complexity index is 1180. The lowest BCUT2D eigenvalue weighted by Gasteiger charge is -2.36. The zero-order valence-electron chi connectivity index (χ0n) is 17.8. The van der Waals surface area contributed by atoms with Crippen molar-refractivity contribution in [2.45, 2.75) is 38.6 Å². The maximum absolute atomic E-state index is 13.5. The molecule has 3 heterocycles. The van der Waals surface area contributed by atoms with E-state index in [-0.39, 0.29) is 16.8 Å². The van der Waals surface area contributed by atoms with Crippen LogP contribution in [0.1, 0.15) is 35.9 Å². The third kappa shape index (κ3) is 4.00. The summed E-state index contributed by atoms with van der Waals surface area (Å²) >= 11 is 0. The summed E-state index contributed by atoms with van der Waals surface area (Å²) in [5, 5.41) is 7.78. The predicted octanol–water partition coefficient (Wildman–Crippen LogP) is 2.86. The molecule has 1 saturated heterocycles. The molecule has 0 amide bonds. The summed E-state index contributed by atoms with van der Waals surface area (Å²) in [6.07, 6.45) is 0. The summed E-state index contributed by atoms with van der Waals surface area (Å²) in [5.41, 5.74) is 1.55. The summed E-state index contributed by atoms with van der Waals surface area (Å²) in [6, 6.07) is 4.47. The molecule has 3 aromatic rings. The molecular formula is C20H24FN5O4S. The van der Waals surface area contributed by atoms with Gasteiger partial charge in [-0.15, -0.1) is 0 Å². The Balaban J connectivity index is 1.45. The first-order chi connectivity index (χ1) is 14.7. The maximum atomic E-state index is 13.5. The Morgan fingerprint density at radius 1 is 1.06 bits per heavy atom. The second kappa shape index (κ2) is 8.13. The summed E-state index contributed by atoms with van der Waals surface area (Å²) < 4.78 is 51.4. The lowest BCUT2D eigenvalue weighted by Crippen LogP contribution is -2.49. The van der Waals surface area contributed by atoms with E-state index >= 15 is 0 Å². The van der Waals surface area contributed by atoms with Crippen molar-refractivity contribution in [1.82, 2.24) is 24.5 Å². The largest absolute Gasteiger partial charge is 0.360 e. The molecule has 1 unspecified atom stereocenters. The van der Waals surface area contributed by atoms with Crippen LogP contribution in [0.3, 0.4) is 0 Å². The van der Waals surface area contributed by atoms with Crippen LogP contribution in [0.15, 0.2) is 32.1 Å². The van der Waals surface area contributed by atoms with Crippen LogP contribution >= 0.6 is 0 Å². The Hall–Kier alpha value is -2.63. The minimum absolute atomic E-state index is 0.144. The van der Waals surface area contributed by atoms with Crippen LogP contribution in [-0.4, -0.2) is 59.1 Å². The molecule has 166 valence electrons. The van der Waals surface area contributed by atoms with Crippen molar-refractivity contribution < 1.29 is 21.9 Å². The molecule has 0 N–H and O–H groups in total. The molecule has 1 aliphatic heterocycles. The van der Waals surface area contributed by atoms with Crippen molar-refractivity contribution >= 4 is 10.0 Å². The average molecular weight is 450 g/mol. The molecule has 0 bridgehead atoms. The van der Waals surface area contributed by atoms with Crippen LogP contribution < -0.4 is 0 Å². The first-order valence-corrected chi connectivity index (χ1v) is 11.4. The fourth-order valence-corrected chi connectivity index (χ4v) is 5.48. The van der Waals surface area contributed by atoms with Gasteiger partial charge in [-0.2, -0.15) is 9.29 Å². The number of piperazine rings is 1. The quantitative estimate of drug-likeness (QED) is 0.585. The number of hydrogen-bond acceptors (Lipinski definition) is 8. The van der Waals surface area contributed by atoms with Crippen molar-refractivity contribution in [2.24, 2.45) is 0 Å².